The Bertz CT molecular complexity index is 1460. The van der Waals surface area contributed by atoms with Gasteiger partial charge in [-0.05, 0) is 79.1 Å². The topological polar surface area (TPSA) is 88.2 Å². The van der Waals surface area contributed by atoms with Crippen LogP contribution in [0, 0.1) is 18.7 Å². The Morgan fingerprint density at radius 3 is 2.64 bits per heavy atom. The van der Waals surface area contributed by atoms with E-state index in [9.17, 15) is 9.18 Å². The summed E-state index contributed by atoms with van der Waals surface area (Å²) in [4.78, 5) is 15.7. The molecule has 3 aromatic carbocycles. The van der Waals surface area contributed by atoms with Gasteiger partial charge in [0, 0.05) is 28.8 Å². The summed E-state index contributed by atoms with van der Waals surface area (Å²) < 4.78 is 19.8. The first-order valence-electron chi connectivity index (χ1n) is 12.3. The molecule has 36 heavy (non-hydrogen) atoms. The van der Waals surface area contributed by atoms with E-state index in [1.807, 2.05) is 37.3 Å². The van der Waals surface area contributed by atoms with Gasteiger partial charge in [0.05, 0.1) is 5.92 Å². The number of aromatic nitrogens is 2. The zero-order valence-electron chi connectivity index (χ0n) is 19.9. The lowest BCUT2D eigenvalue weighted by Gasteiger charge is -2.35. The van der Waals surface area contributed by atoms with Crippen LogP contribution in [0.5, 0.6) is 0 Å². The minimum absolute atomic E-state index is 0.210. The highest BCUT2D eigenvalue weighted by Gasteiger charge is 2.36. The number of halogens is 1. The molecule has 1 heterocycles. The van der Waals surface area contributed by atoms with Crippen LogP contribution in [0.2, 0.25) is 0 Å². The second-order valence-electron chi connectivity index (χ2n) is 9.81. The number of hydrogen-bond acceptors (Lipinski definition) is 5. The predicted molar refractivity (Wildman–Crippen MR) is 134 cm³/mol. The van der Waals surface area contributed by atoms with Gasteiger partial charge in [0.15, 0.2) is 0 Å². The van der Waals surface area contributed by atoms with Crippen LogP contribution in [-0.2, 0) is 11.2 Å². The minimum Gasteiger partial charge on any atom is -0.481 e. The van der Waals surface area contributed by atoms with Gasteiger partial charge in [-0.1, -0.05) is 41.6 Å². The highest BCUT2D eigenvalue weighted by molar-refractivity contribution is 5.72. The molecule has 0 amide bonds. The lowest BCUT2D eigenvalue weighted by molar-refractivity contribution is -0.145. The first-order valence-corrected chi connectivity index (χ1v) is 12.3. The van der Waals surface area contributed by atoms with Crippen molar-refractivity contribution in [3.63, 3.8) is 0 Å². The van der Waals surface area contributed by atoms with Crippen molar-refractivity contribution in [3.8, 4) is 34.0 Å². The largest absolute Gasteiger partial charge is 0.481 e. The molecule has 2 aliphatic rings. The van der Waals surface area contributed by atoms with Crippen molar-refractivity contribution in [2.24, 2.45) is 5.92 Å². The summed E-state index contributed by atoms with van der Waals surface area (Å²) >= 11 is 0. The molecular formula is C29H26FN3O3. The number of carboxylic acid groups (broad SMARTS) is 1. The molecule has 7 heteroatoms. The molecule has 0 radical (unpaired) electrons. The van der Waals surface area contributed by atoms with Gasteiger partial charge in [-0.2, -0.15) is 4.98 Å². The van der Waals surface area contributed by atoms with Crippen molar-refractivity contribution in [1.82, 2.24) is 15.5 Å². The molecule has 0 bridgehead atoms. The Kier molecular flexibility index (Phi) is 5.64. The van der Waals surface area contributed by atoms with Crippen molar-refractivity contribution in [2.75, 3.05) is 0 Å². The number of nitrogens with one attached hydrogen (secondary N) is 1. The van der Waals surface area contributed by atoms with E-state index in [2.05, 4.69) is 27.6 Å². The highest BCUT2D eigenvalue weighted by Crippen LogP contribution is 2.37. The SMILES string of the molecule is Cc1cc(-c2nc(-c3ccc4c(c3)CCC4NC3CC(C(=O)O)C3)no2)ccc1-c1ccccc1F. The van der Waals surface area contributed by atoms with Crippen LogP contribution in [-0.4, -0.2) is 27.3 Å². The molecule has 2 N–H and O–H groups in total. The summed E-state index contributed by atoms with van der Waals surface area (Å²) in [6.45, 7) is 1.94. The number of hydrogen-bond donors (Lipinski definition) is 2. The number of nitrogens with zero attached hydrogens (tertiary/aromatic N) is 2. The number of aliphatic carboxylic acids is 1. The Morgan fingerprint density at radius 1 is 1.06 bits per heavy atom. The third-order valence-corrected chi connectivity index (χ3v) is 7.47. The van der Waals surface area contributed by atoms with Crippen LogP contribution < -0.4 is 5.32 Å². The van der Waals surface area contributed by atoms with Crippen LogP contribution >= 0.6 is 0 Å². The normalized spacial score (nSPS) is 20.7. The number of rotatable bonds is 6. The zero-order chi connectivity index (χ0) is 24.8. The van der Waals surface area contributed by atoms with Crippen molar-refractivity contribution < 1.29 is 18.8 Å². The predicted octanol–water partition coefficient (Wildman–Crippen LogP) is 5.96. The number of benzene rings is 3. The Morgan fingerprint density at radius 2 is 1.86 bits per heavy atom. The molecule has 6 nitrogen and oxygen atoms in total. The molecule has 6 rings (SSSR count). The Labute approximate surface area is 208 Å². The van der Waals surface area contributed by atoms with E-state index < -0.39 is 5.97 Å². The fourth-order valence-electron chi connectivity index (χ4n) is 5.41. The fourth-order valence-corrected chi connectivity index (χ4v) is 5.41. The lowest BCUT2D eigenvalue weighted by Crippen LogP contribution is -2.45. The maximum Gasteiger partial charge on any atom is 0.306 e. The summed E-state index contributed by atoms with van der Waals surface area (Å²) in [5, 5.41) is 16.9. The summed E-state index contributed by atoms with van der Waals surface area (Å²) in [5.41, 5.74) is 6.54. The third-order valence-electron chi connectivity index (χ3n) is 7.47. The smallest absolute Gasteiger partial charge is 0.306 e. The van der Waals surface area contributed by atoms with Gasteiger partial charge in [0.1, 0.15) is 5.82 Å². The average molecular weight is 484 g/mol. The molecule has 182 valence electrons. The molecule has 1 unspecified atom stereocenters. The van der Waals surface area contributed by atoms with Gasteiger partial charge in [-0.15, -0.1) is 0 Å². The summed E-state index contributed by atoms with van der Waals surface area (Å²) in [6.07, 6.45) is 3.35. The molecule has 4 aromatic rings. The molecule has 1 fully saturated rings. The van der Waals surface area contributed by atoms with Crippen LogP contribution in [0.3, 0.4) is 0 Å². The van der Waals surface area contributed by atoms with Gasteiger partial charge >= 0.3 is 5.97 Å². The van der Waals surface area contributed by atoms with Crippen molar-refractivity contribution >= 4 is 5.97 Å². The maximum absolute atomic E-state index is 14.3. The van der Waals surface area contributed by atoms with Crippen molar-refractivity contribution in [1.29, 1.82) is 0 Å². The molecule has 0 spiro atoms. The Hall–Kier alpha value is -3.84. The summed E-state index contributed by atoms with van der Waals surface area (Å²) in [6, 6.07) is 19.2. The molecule has 1 aromatic heterocycles. The first-order chi connectivity index (χ1) is 17.5. The van der Waals surface area contributed by atoms with Gasteiger partial charge < -0.3 is 14.9 Å². The monoisotopic (exact) mass is 483 g/mol. The lowest BCUT2D eigenvalue weighted by atomic mass is 9.80. The number of carboxylic acids is 1. The number of fused-ring (bicyclic) bond motifs is 1. The molecular weight excluding hydrogens is 457 g/mol. The van der Waals surface area contributed by atoms with Crippen LogP contribution in [0.1, 0.15) is 42.0 Å². The Balaban J connectivity index is 1.19. The van der Waals surface area contributed by atoms with Crippen LogP contribution in [0.4, 0.5) is 4.39 Å². The molecule has 0 saturated heterocycles. The number of carbonyl (C=O) groups is 1. The van der Waals surface area contributed by atoms with Gasteiger partial charge in [0.2, 0.25) is 5.82 Å². The maximum atomic E-state index is 14.3. The van der Waals surface area contributed by atoms with Crippen molar-refractivity contribution in [3.05, 3.63) is 83.2 Å². The highest BCUT2D eigenvalue weighted by atomic mass is 19.1. The average Bonchev–Trinajstić information content (AvgIpc) is 3.49. The second-order valence-corrected chi connectivity index (χ2v) is 9.81. The number of aryl methyl sites for hydroxylation is 2. The van der Waals surface area contributed by atoms with E-state index in [1.54, 1.807) is 12.1 Å². The van der Waals surface area contributed by atoms with E-state index in [0.717, 1.165) is 35.1 Å². The fraction of sp³-hybridized carbons (Fsp3) is 0.276. The molecule has 1 atom stereocenters. The zero-order valence-corrected chi connectivity index (χ0v) is 19.9. The van der Waals surface area contributed by atoms with E-state index in [0.29, 0.717) is 30.1 Å². The molecule has 2 aliphatic carbocycles. The van der Waals surface area contributed by atoms with E-state index in [4.69, 9.17) is 9.63 Å². The van der Waals surface area contributed by atoms with E-state index in [1.165, 1.54) is 17.2 Å². The second kappa shape index (κ2) is 8.99. The van der Waals surface area contributed by atoms with E-state index in [-0.39, 0.29) is 23.8 Å². The van der Waals surface area contributed by atoms with Gasteiger partial charge in [-0.25, -0.2) is 4.39 Å². The first kappa shape index (κ1) is 22.6. The quantitative estimate of drug-likeness (QED) is 0.352. The van der Waals surface area contributed by atoms with Crippen molar-refractivity contribution in [2.45, 2.75) is 44.7 Å². The third kappa shape index (κ3) is 4.09. The van der Waals surface area contributed by atoms with Gasteiger partial charge in [-0.3, -0.25) is 4.79 Å². The van der Waals surface area contributed by atoms with Gasteiger partial charge in [0.25, 0.3) is 5.89 Å². The van der Waals surface area contributed by atoms with Crippen LogP contribution in [0.25, 0.3) is 34.0 Å². The minimum atomic E-state index is -0.694. The molecule has 0 aliphatic heterocycles. The van der Waals surface area contributed by atoms with E-state index >= 15 is 0 Å². The molecule has 1 saturated carbocycles. The summed E-state index contributed by atoms with van der Waals surface area (Å²) in [5.74, 6) is -0.202. The van der Waals surface area contributed by atoms with Crippen LogP contribution in [0.15, 0.2) is 65.2 Å². The standard InChI is InChI=1S/C29H26FN3O3/c1-16-12-19(7-9-22(16)24-4-2-3-5-25(24)30)28-32-27(33-36-28)18-6-10-23-17(13-18)8-11-26(23)31-21-14-20(15-21)29(34)35/h2-7,9-10,12-13,20-21,26,31H,8,11,14-15H2,1H3,(H,34,35). The summed E-state index contributed by atoms with van der Waals surface area (Å²) in [7, 11) is 0.